The number of rotatable bonds is 9. The summed E-state index contributed by atoms with van der Waals surface area (Å²) in [5, 5.41) is 9.14. The topological polar surface area (TPSA) is 101 Å². The summed E-state index contributed by atoms with van der Waals surface area (Å²) in [4.78, 5) is 16.6. The zero-order valence-corrected chi connectivity index (χ0v) is 12.4. The minimum atomic E-state index is 0.00983. The first-order chi connectivity index (χ1) is 9.65. The van der Waals surface area contributed by atoms with Crippen LogP contribution in [0.15, 0.2) is 0 Å². The molecule has 0 unspecified atom stereocenters. The lowest BCUT2D eigenvalue weighted by molar-refractivity contribution is 0.202. The lowest BCUT2D eigenvalue weighted by Gasteiger charge is -2.24. The Morgan fingerprint density at radius 2 is 1.65 bits per heavy atom. The molecular weight excluding hydrogens is 260 g/mol. The maximum absolute atomic E-state index is 9.14. The summed E-state index contributed by atoms with van der Waals surface area (Å²) >= 11 is 0. The lowest BCUT2D eigenvalue weighted by Crippen LogP contribution is -2.33. The molecule has 0 aromatic carbocycles. The van der Waals surface area contributed by atoms with Gasteiger partial charge in [0.25, 0.3) is 0 Å². The monoisotopic (exact) mass is 284 g/mol. The van der Waals surface area contributed by atoms with Crippen LogP contribution in [-0.2, 0) is 4.74 Å². The van der Waals surface area contributed by atoms with Crippen LogP contribution in [0.3, 0.4) is 0 Å². The predicted molar refractivity (Wildman–Crippen MR) is 79.0 cm³/mol. The highest BCUT2D eigenvalue weighted by Gasteiger charge is 2.14. The Balaban J connectivity index is 3.01. The van der Waals surface area contributed by atoms with Gasteiger partial charge < -0.3 is 25.4 Å². The third-order valence-corrected chi connectivity index (χ3v) is 2.89. The van der Waals surface area contributed by atoms with Crippen LogP contribution in [-0.4, -0.2) is 66.6 Å². The quantitative estimate of drug-likeness (QED) is 0.640. The van der Waals surface area contributed by atoms with Crippen molar-refractivity contribution in [3.63, 3.8) is 0 Å². The van der Waals surface area contributed by atoms with Gasteiger partial charge in [-0.25, -0.2) is 0 Å². The largest absolute Gasteiger partial charge is 0.395 e. The van der Waals surface area contributed by atoms with Gasteiger partial charge in [-0.3, -0.25) is 0 Å². The van der Waals surface area contributed by atoms with E-state index < -0.39 is 0 Å². The van der Waals surface area contributed by atoms with Gasteiger partial charge in [-0.1, -0.05) is 0 Å². The van der Waals surface area contributed by atoms with Crippen molar-refractivity contribution in [2.75, 3.05) is 62.0 Å². The van der Waals surface area contributed by atoms with Crippen molar-refractivity contribution in [3.8, 4) is 0 Å². The first kappa shape index (κ1) is 16.4. The number of methoxy groups -OCH3 is 1. The number of hydrogen-bond donors (Lipinski definition) is 2. The van der Waals surface area contributed by atoms with Gasteiger partial charge in [-0.05, 0) is 13.8 Å². The van der Waals surface area contributed by atoms with Crippen LogP contribution >= 0.6 is 0 Å². The maximum atomic E-state index is 9.14. The molecule has 8 heteroatoms. The van der Waals surface area contributed by atoms with Crippen molar-refractivity contribution in [1.82, 2.24) is 15.0 Å². The highest BCUT2D eigenvalue weighted by atomic mass is 16.5. The molecule has 0 atom stereocenters. The van der Waals surface area contributed by atoms with E-state index in [-0.39, 0.29) is 12.6 Å². The summed E-state index contributed by atoms with van der Waals surface area (Å²) < 4.78 is 5.05. The molecule has 0 bridgehead atoms. The van der Waals surface area contributed by atoms with Gasteiger partial charge in [0.05, 0.1) is 13.2 Å². The average molecular weight is 284 g/mol. The smallest absolute Gasteiger partial charge is 0.232 e. The molecule has 0 aliphatic rings. The van der Waals surface area contributed by atoms with Crippen molar-refractivity contribution < 1.29 is 9.84 Å². The summed E-state index contributed by atoms with van der Waals surface area (Å²) in [6.45, 7) is 7.17. The number of hydrogen-bond acceptors (Lipinski definition) is 8. The molecule has 114 valence electrons. The van der Waals surface area contributed by atoms with Gasteiger partial charge in [0.15, 0.2) is 0 Å². The summed E-state index contributed by atoms with van der Waals surface area (Å²) in [6.07, 6.45) is 0. The molecule has 1 aromatic rings. The van der Waals surface area contributed by atoms with Gasteiger partial charge in [0.2, 0.25) is 17.8 Å². The van der Waals surface area contributed by atoms with E-state index in [4.69, 9.17) is 15.6 Å². The molecule has 0 fully saturated rings. The van der Waals surface area contributed by atoms with Gasteiger partial charge >= 0.3 is 0 Å². The Bertz CT molecular complexity index is 400. The first-order valence-electron chi connectivity index (χ1n) is 6.77. The Labute approximate surface area is 119 Å². The fraction of sp³-hybridized carbons (Fsp3) is 0.750. The molecule has 1 rings (SSSR count). The number of nitrogens with two attached hydrogens (primary N) is 1. The first-order valence-corrected chi connectivity index (χ1v) is 6.77. The van der Waals surface area contributed by atoms with Crippen LogP contribution in [0.1, 0.15) is 13.8 Å². The summed E-state index contributed by atoms with van der Waals surface area (Å²) in [6, 6.07) is 0. The zero-order chi connectivity index (χ0) is 15.0. The second-order valence-corrected chi connectivity index (χ2v) is 4.17. The molecule has 0 aliphatic carbocycles. The fourth-order valence-electron chi connectivity index (χ4n) is 1.79. The number of aliphatic hydroxyl groups excluding tert-OH is 1. The van der Waals surface area contributed by atoms with Crippen LogP contribution in [0.5, 0.6) is 0 Å². The third kappa shape index (κ3) is 4.46. The van der Waals surface area contributed by atoms with Crippen LogP contribution < -0.4 is 15.5 Å². The average Bonchev–Trinajstić information content (AvgIpc) is 2.44. The number of anilines is 3. The van der Waals surface area contributed by atoms with Gasteiger partial charge in [0, 0.05) is 33.3 Å². The molecule has 1 heterocycles. The van der Waals surface area contributed by atoms with Crippen LogP contribution in [0, 0.1) is 0 Å². The molecular formula is C12H24N6O2. The molecule has 0 saturated heterocycles. The van der Waals surface area contributed by atoms with Crippen molar-refractivity contribution in [3.05, 3.63) is 0 Å². The molecule has 0 saturated carbocycles. The highest BCUT2D eigenvalue weighted by molar-refractivity contribution is 5.43. The lowest BCUT2D eigenvalue weighted by atomic mass is 10.5. The Kier molecular flexibility index (Phi) is 6.96. The standard InChI is InChI=1S/C12H24N6O2/c1-4-17(5-2)11-14-10(13)15-12(16-11)18(6-8-19)7-9-20-3/h19H,4-9H2,1-3H3,(H2,13,14,15,16). The van der Waals surface area contributed by atoms with Crippen molar-refractivity contribution in [2.24, 2.45) is 0 Å². The molecule has 1 aromatic heterocycles. The molecule has 20 heavy (non-hydrogen) atoms. The summed E-state index contributed by atoms with van der Waals surface area (Å²) in [5.41, 5.74) is 5.76. The molecule has 8 nitrogen and oxygen atoms in total. The van der Waals surface area contributed by atoms with Crippen molar-refractivity contribution in [2.45, 2.75) is 13.8 Å². The molecule has 0 amide bonds. The second-order valence-electron chi connectivity index (χ2n) is 4.17. The van der Waals surface area contributed by atoms with E-state index in [1.165, 1.54) is 0 Å². The number of aromatic nitrogens is 3. The van der Waals surface area contributed by atoms with E-state index in [1.807, 2.05) is 23.6 Å². The molecule has 0 spiro atoms. The Morgan fingerprint density at radius 3 is 2.15 bits per heavy atom. The third-order valence-electron chi connectivity index (χ3n) is 2.89. The molecule has 0 aliphatic heterocycles. The number of ether oxygens (including phenoxy) is 1. The van der Waals surface area contributed by atoms with Crippen molar-refractivity contribution >= 4 is 17.8 Å². The zero-order valence-electron chi connectivity index (χ0n) is 12.4. The highest BCUT2D eigenvalue weighted by Crippen LogP contribution is 2.14. The van der Waals surface area contributed by atoms with E-state index in [9.17, 15) is 0 Å². The van der Waals surface area contributed by atoms with Gasteiger partial charge in [-0.15, -0.1) is 0 Å². The minimum Gasteiger partial charge on any atom is -0.395 e. The molecule has 0 radical (unpaired) electrons. The molecule has 3 N–H and O–H groups in total. The fourth-order valence-corrected chi connectivity index (χ4v) is 1.79. The summed E-state index contributed by atoms with van der Waals surface area (Å²) in [7, 11) is 1.63. The van der Waals surface area contributed by atoms with E-state index in [0.29, 0.717) is 31.6 Å². The van der Waals surface area contributed by atoms with E-state index in [1.54, 1.807) is 7.11 Å². The van der Waals surface area contributed by atoms with E-state index in [2.05, 4.69) is 15.0 Å². The SMILES string of the molecule is CCN(CC)c1nc(N)nc(N(CCO)CCOC)n1. The number of nitrogen functional groups attached to an aromatic ring is 1. The van der Waals surface area contributed by atoms with Crippen molar-refractivity contribution in [1.29, 1.82) is 0 Å². The minimum absolute atomic E-state index is 0.00983. The van der Waals surface area contributed by atoms with Crippen LogP contribution in [0.25, 0.3) is 0 Å². The number of nitrogens with zero attached hydrogens (tertiary/aromatic N) is 5. The van der Waals surface area contributed by atoms with Crippen LogP contribution in [0.2, 0.25) is 0 Å². The van der Waals surface area contributed by atoms with Gasteiger partial charge in [0.1, 0.15) is 0 Å². The Hall–Kier alpha value is -1.67. The second kappa shape index (κ2) is 8.49. The number of aliphatic hydroxyl groups is 1. The normalized spacial score (nSPS) is 10.6. The maximum Gasteiger partial charge on any atom is 0.232 e. The summed E-state index contributed by atoms with van der Waals surface area (Å²) in [5.74, 6) is 1.20. The van der Waals surface area contributed by atoms with Gasteiger partial charge in [-0.2, -0.15) is 15.0 Å². The Morgan fingerprint density at radius 1 is 1.05 bits per heavy atom. The predicted octanol–water partition coefficient (Wildman–Crippen LogP) is -0.255. The van der Waals surface area contributed by atoms with Crippen LogP contribution in [0.4, 0.5) is 17.8 Å². The van der Waals surface area contributed by atoms with E-state index >= 15 is 0 Å². The van der Waals surface area contributed by atoms with E-state index in [0.717, 1.165) is 13.1 Å².